The summed E-state index contributed by atoms with van der Waals surface area (Å²) in [5.41, 5.74) is 0.959. The van der Waals surface area contributed by atoms with E-state index in [1.165, 1.54) is 19.2 Å². The fourth-order valence-corrected chi connectivity index (χ4v) is 2.23. The number of hydrogen-bond acceptors (Lipinski definition) is 3. The Morgan fingerprint density at radius 3 is 2.53 bits per heavy atom. The van der Waals surface area contributed by atoms with E-state index in [1.807, 2.05) is 0 Å². The summed E-state index contributed by atoms with van der Waals surface area (Å²) in [6, 6.07) is 2.56. The Kier molecular flexibility index (Phi) is 3.57. The van der Waals surface area contributed by atoms with E-state index in [0.717, 1.165) is 0 Å². The summed E-state index contributed by atoms with van der Waals surface area (Å²) in [5, 5.41) is 0. The van der Waals surface area contributed by atoms with E-state index in [1.54, 1.807) is 6.92 Å². The molecule has 6 heteroatoms. The van der Waals surface area contributed by atoms with Crippen molar-refractivity contribution in [2.24, 2.45) is 0 Å². The van der Waals surface area contributed by atoms with Gasteiger partial charge in [0.25, 0.3) is 0 Å². The number of hydrogen-bond donors (Lipinski definition) is 0. The number of methoxy groups -OCH3 is 1. The molecule has 0 atom stereocenters. The minimum absolute atomic E-state index is 0.0101. The van der Waals surface area contributed by atoms with E-state index < -0.39 is 14.9 Å². The van der Waals surface area contributed by atoms with Gasteiger partial charge in [0.15, 0.2) is 11.6 Å². The molecule has 3 nitrogen and oxygen atoms in total. The largest absolute Gasteiger partial charge is 0.494 e. The molecule has 0 heterocycles. The van der Waals surface area contributed by atoms with E-state index in [-0.39, 0.29) is 11.5 Å². The van der Waals surface area contributed by atoms with Gasteiger partial charge in [0.2, 0.25) is 9.05 Å². The molecule has 0 unspecified atom stereocenters. The van der Waals surface area contributed by atoms with Crippen LogP contribution in [0, 0.1) is 12.7 Å². The molecule has 0 aliphatic heterocycles. The molecular formula is C9H10ClFO3S. The Labute approximate surface area is 92.2 Å². The van der Waals surface area contributed by atoms with Crippen LogP contribution in [0.5, 0.6) is 5.75 Å². The topological polar surface area (TPSA) is 43.4 Å². The van der Waals surface area contributed by atoms with Gasteiger partial charge >= 0.3 is 0 Å². The van der Waals surface area contributed by atoms with Crippen LogP contribution in [0.15, 0.2) is 12.1 Å². The number of ether oxygens (including phenoxy) is 1. The van der Waals surface area contributed by atoms with Crippen LogP contribution in [0.1, 0.15) is 11.1 Å². The lowest BCUT2D eigenvalue weighted by atomic mass is 10.1. The van der Waals surface area contributed by atoms with Crippen LogP contribution in [0.3, 0.4) is 0 Å². The highest BCUT2D eigenvalue weighted by Crippen LogP contribution is 2.24. The van der Waals surface area contributed by atoms with E-state index in [4.69, 9.17) is 15.4 Å². The van der Waals surface area contributed by atoms with Gasteiger partial charge in [0.1, 0.15) is 0 Å². The van der Waals surface area contributed by atoms with Gasteiger partial charge in [-0.2, -0.15) is 0 Å². The Bertz CT molecular complexity index is 470. The summed E-state index contributed by atoms with van der Waals surface area (Å²) >= 11 is 0. The van der Waals surface area contributed by atoms with Crippen molar-refractivity contribution in [3.63, 3.8) is 0 Å². The molecule has 15 heavy (non-hydrogen) atoms. The Morgan fingerprint density at radius 2 is 2.07 bits per heavy atom. The summed E-state index contributed by atoms with van der Waals surface area (Å²) in [7, 11) is 2.78. The third kappa shape index (κ3) is 3.35. The molecule has 0 N–H and O–H groups in total. The average molecular weight is 253 g/mol. The third-order valence-electron chi connectivity index (χ3n) is 1.94. The molecule has 0 saturated heterocycles. The van der Waals surface area contributed by atoms with Crippen LogP contribution in [0.25, 0.3) is 0 Å². The molecule has 0 amide bonds. The maximum Gasteiger partial charge on any atom is 0.236 e. The van der Waals surface area contributed by atoms with Crippen molar-refractivity contribution < 1.29 is 17.5 Å². The van der Waals surface area contributed by atoms with Gasteiger partial charge in [0.05, 0.1) is 12.9 Å². The molecule has 0 spiro atoms. The molecule has 0 aromatic heterocycles. The maximum absolute atomic E-state index is 13.2. The number of benzene rings is 1. The second kappa shape index (κ2) is 4.37. The smallest absolute Gasteiger partial charge is 0.236 e. The van der Waals surface area contributed by atoms with Crippen molar-refractivity contribution >= 4 is 19.7 Å². The fraction of sp³-hybridized carbons (Fsp3) is 0.333. The molecule has 1 aromatic carbocycles. The minimum Gasteiger partial charge on any atom is -0.494 e. The highest BCUT2D eigenvalue weighted by atomic mass is 35.7. The van der Waals surface area contributed by atoms with Gasteiger partial charge in [-0.1, -0.05) is 0 Å². The molecule has 0 fully saturated rings. The first-order chi connectivity index (χ1) is 6.83. The molecule has 0 bridgehead atoms. The fourth-order valence-electron chi connectivity index (χ4n) is 1.19. The number of halogens is 2. The lowest BCUT2D eigenvalue weighted by Gasteiger charge is -2.07. The third-order valence-corrected chi connectivity index (χ3v) is 2.92. The van der Waals surface area contributed by atoms with Gasteiger partial charge in [0, 0.05) is 10.7 Å². The van der Waals surface area contributed by atoms with Crippen LogP contribution in [-0.2, 0) is 14.8 Å². The predicted molar refractivity (Wildman–Crippen MR) is 56.2 cm³/mol. The van der Waals surface area contributed by atoms with E-state index in [2.05, 4.69) is 0 Å². The SMILES string of the molecule is COc1cc(CS(=O)(=O)Cl)c(C)cc1F. The van der Waals surface area contributed by atoms with Gasteiger partial charge in [-0.15, -0.1) is 0 Å². The minimum atomic E-state index is -3.64. The second-order valence-electron chi connectivity index (χ2n) is 3.10. The summed E-state index contributed by atoms with van der Waals surface area (Å²) in [4.78, 5) is 0. The predicted octanol–water partition coefficient (Wildman–Crippen LogP) is 2.21. The first-order valence-electron chi connectivity index (χ1n) is 4.09. The molecule has 0 saturated carbocycles. The lowest BCUT2D eigenvalue weighted by molar-refractivity contribution is 0.386. The summed E-state index contributed by atoms with van der Waals surface area (Å²) in [6.07, 6.45) is 0. The van der Waals surface area contributed by atoms with Crippen LogP contribution >= 0.6 is 10.7 Å². The first kappa shape index (κ1) is 12.3. The van der Waals surface area contributed by atoms with Gasteiger partial charge in [-0.05, 0) is 30.2 Å². The highest BCUT2D eigenvalue weighted by Gasteiger charge is 2.13. The molecule has 1 rings (SSSR count). The van der Waals surface area contributed by atoms with Crippen molar-refractivity contribution in [1.82, 2.24) is 0 Å². The van der Waals surface area contributed by atoms with Gasteiger partial charge in [-0.3, -0.25) is 0 Å². The van der Waals surface area contributed by atoms with Crippen molar-refractivity contribution in [2.45, 2.75) is 12.7 Å². The maximum atomic E-state index is 13.2. The van der Waals surface area contributed by atoms with Gasteiger partial charge < -0.3 is 4.74 Å². The summed E-state index contributed by atoms with van der Waals surface area (Å²) in [5.74, 6) is -0.849. The normalized spacial score (nSPS) is 11.5. The standard InChI is InChI=1S/C9H10ClFO3S/c1-6-3-8(11)9(14-2)4-7(6)5-15(10,12)13/h3-4H,5H2,1-2H3. The van der Waals surface area contributed by atoms with E-state index in [0.29, 0.717) is 11.1 Å². The zero-order valence-corrected chi connectivity index (χ0v) is 9.82. The molecule has 84 valence electrons. The number of aryl methyl sites for hydroxylation is 1. The Morgan fingerprint density at radius 1 is 1.47 bits per heavy atom. The second-order valence-corrected chi connectivity index (χ2v) is 5.87. The first-order valence-corrected chi connectivity index (χ1v) is 6.56. The zero-order chi connectivity index (χ0) is 11.6. The quantitative estimate of drug-likeness (QED) is 0.775. The van der Waals surface area contributed by atoms with E-state index in [9.17, 15) is 12.8 Å². The van der Waals surface area contributed by atoms with Crippen LogP contribution in [-0.4, -0.2) is 15.5 Å². The van der Waals surface area contributed by atoms with Crippen LogP contribution in [0.4, 0.5) is 4.39 Å². The van der Waals surface area contributed by atoms with Crippen LogP contribution < -0.4 is 4.74 Å². The molecule has 0 aliphatic carbocycles. The average Bonchev–Trinajstić information content (AvgIpc) is 2.07. The lowest BCUT2D eigenvalue weighted by Crippen LogP contribution is -2.00. The van der Waals surface area contributed by atoms with Gasteiger partial charge in [-0.25, -0.2) is 12.8 Å². The van der Waals surface area contributed by atoms with Crippen molar-refractivity contribution in [2.75, 3.05) is 7.11 Å². The van der Waals surface area contributed by atoms with Crippen LogP contribution in [0.2, 0.25) is 0 Å². The molecule has 0 radical (unpaired) electrons. The summed E-state index contributed by atoms with van der Waals surface area (Å²) in [6.45, 7) is 1.61. The molecule has 1 aromatic rings. The van der Waals surface area contributed by atoms with E-state index >= 15 is 0 Å². The summed E-state index contributed by atoms with van der Waals surface area (Å²) < 4.78 is 39.6. The monoisotopic (exact) mass is 252 g/mol. The number of rotatable bonds is 3. The molecular weight excluding hydrogens is 243 g/mol. The highest BCUT2D eigenvalue weighted by molar-refractivity contribution is 8.13. The Balaban J connectivity index is 3.19. The molecule has 0 aliphatic rings. The van der Waals surface area contributed by atoms with Crippen molar-refractivity contribution in [3.8, 4) is 5.75 Å². The Hall–Kier alpha value is -0.810. The van der Waals surface area contributed by atoms with Crippen molar-refractivity contribution in [3.05, 3.63) is 29.1 Å². The zero-order valence-electron chi connectivity index (χ0n) is 8.25. The van der Waals surface area contributed by atoms with Crippen molar-refractivity contribution in [1.29, 1.82) is 0 Å².